The van der Waals surface area contributed by atoms with Crippen LogP contribution in [0, 0.1) is 6.92 Å². The molecule has 1 aromatic heterocycles. The van der Waals surface area contributed by atoms with Gasteiger partial charge < -0.3 is 9.84 Å². The first-order valence-corrected chi connectivity index (χ1v) is 6.36. The molecule has 1 aromatic carbocycles. The van der Waals surface area contributed by atoms with Gasteiger partial charge in [-0.25, -0.2) is 0 Å². The van der Waals surface area contributed by atoms with E-state index in [4.69, 9.17) is 4.74 Å². The van der Waals surface area contributed by atoms with Crippen molar-refractivity contribution < 1.29 is 14.6 Å². The Hall–Kier alpha value is -1.65. The number of carbonyl (C=O) groups excluding carboxylic acids is 1. The van der Waals surface area contributed by atoms with Gasteiger partial charge in [-0.3, -0.25) is 9.36 Å². The van der Waals surface area contributed by atoms with Crippen molar-refractivity contribution in [3.05, 3.63) is 35.5 Å². The molecule has 4 heteroatoms. The third-order valence-electron chi connectivity index (χ3n) is 2.62. The Morgan fingerprint density at radius 2 is 2.00 bits per heavy atom. The molecule has 0 saturated carbocycles. The van der Waals surface area contributed by atoms with Crippen molar-refractivity contribution in [3.63, 3.8) is 0 Å². The predicted octanol–water partition coefficient (Wildman–Crippen LogP) is 3.27. The molecule has 104 valence electrons. The van der Waals surface area contributed by atoms with E-state index in [1.165, 1.54) is 13.5 Å². The third kappa shape index (κ3) is 3.43. The summed E-state index contributed by atoms with van der Waals surface area (Å²) in [6, 6.07) is 7.21. The molecule has 0 aliphatic rings. The maximum atomic E-state index is 10.7. The average molecular weight is 263 g/mol. The lowest BCUT2D eigenvalue weighted by molar-refractivity contribution is -0.129. The number of methoxy groups -OCH3 is 1. The molecule has 0 amide bonds. The van der Waals surface area contributed by atoms with Crippen molar-refractivity contribution in [3.8, 4) is 0 Å². The second-order valence-electron chi connectivity index (χ2n) is 4.36. The number of fused-ring (bicyclic) bond motifs is 1. The van der Waals surface area contributed by atoms with Gasteiger partial charge in [0.15, 0.2) is 0 Å². The molecule has 19 heavy (non-hydrogen) atoms. The largest absolute Gasteiger partial charge is 0.351 e. The Labute approximate surface area is 113 Å². The van der Waals surface area contributed by atoms with E-state index >= 15 is 0 Å². The van der Waals surface area contributed by atoms with Crippen LogP contribution in [0.4, 0.5) is 0 Å². The fraction of sp³-hybridized carbons (Fsp3) is 0.400. The van der Waals surface area contributed by atoms with E-state index in [9.17, 15) is 9.90 Å². The number of aromatic nitrogens is 1. The minimum atomic E-state index is -1.00. The highest BCUT2D eigenvalue weighted by Crippen LogP contribution is 2.23. The zero-order valence-electron chi connectivity index (χ0n) is 11.9. The Morgan fingerprint density at radius 1 is 1.37 bits per heavy atom. The van der Waals surface area contributed by atoms with Crippen LogP contribution in [-0.4, -0.2) is 23.1 Å². The molecule has 0 bridgehead atoms. The molecule has 0 aliphatic heterocycles. The number of aliphatic hydroxyl groups excluding tert-OH is 1. The summed E-state index contributed by atoms with van der Waals surface area (Å²) < 4.78 is 6.56. The summed E-state index contributed by atoms with van der Waals surface area (Å²) in [5.41, 5.74) is 2.35. The van der Waals surface area contributed by atoms with Crippen molar-refractivity contribution in [2.75, 3.05) is 7.11 Å². The number of aliphatic hydroxyl groups is 1. The van der Waals surface area contributed by atoms with Gasteiger partial charge in [-0.2, -0.15) is 0 Å². The summed E-state index contributed by atoms with van der Waals surface area (Å²) in [6.07, 6.45) is 1.05. The summed E-state index contributed by atoms with van der Waals surface area (Å²) in [5, 5.41) is 10.6. The summed E-state index contributed by atoms with van der Waals surface area (Å²) in [4.78, 5) is 10.7. The van der Waals surface area contributed by atoms with Gasteiger partial charge in [0.2, 0.25) is 6.41 Å². The number of hydrogen-bond acceptors (Lipinski definition) is 3. The lowest BCUT2D eigenvalue weighted by Crippen LogP contribution is -2.11. The molecule has 2 aromatic rings. The van der Waals surface area contributed by atoms with E-state index in [0.717, 1.165) is 22.9 Å². The number of benzene rings is 1. The van der Waals surface area contributed by atoms with Crippen LogP contribution in [0.3, 0.4) is 0 Å². The minimum absolute atomic E-state index is 0.622. The second kappa shape index (κ2) is 7.07. The number of hydrogen-bond donors (Lipinski definition) is 1. The Balaban J connectivity index is 0.000000550. The number of aryl methyl sites for hydroxylation is 1. The zero-order valence-corrected chi connectivity index (χ0v) is 11.9. The molecule has 1 N–H and O–H groups in total. The van der Waals surface area contributed by atoms with Crippen LogP contribution in [-0.2, 0) is 4.74 Å². The first-order valence-electron chi connectivity index (χ1n) is 6.36. The first-order chi connectivity index (χ1) is 9.08. The SMILES string of the molecule is CCC.COC(O)n1c(C)cc2cc(C=O)ccc21. The highest BCUT2D eigenvalue weighted by atomic mass is 16.6. The zero-order chi connectivity index (χ0) is 14.4. The van der Waals surface area contributed by atoms with E-state index in [-0.39, 0.29) is 0 Å². The summed E-state index contributed by atoms with van der Waals surface area (Å²) >= 11 is 0. The summed E-state index contributed by atoms with van der Waals surface area (Å²) in [7, 11) is 1.44. The van der Waals surface area contributed by atoms with Gasteiger partial charge in [-0.05, 0) is 31.2 Å². The number of nitrogens with zero attached hydrogens (tertiary/aromatic N) is 1. The van der Waals surface area contributed by atoms with E-state index in [1.54, 1.807) is 22.8 Å². The van der Waals surface area contributed by atoms with Crippen LogP contribution < -0.4 is 0 Å². The topological polar surface area (TPSA) is 51.5 Å². The van der Waals surface area contributed by atoms with Crippen molar-refractivity contribution in [1.82, 2.24) is 4.57 Å². The van der Waals surface area contributed by atoms with Crippen LogP contribution in [0.15, 0.2) is 24.3 Å². The maximum Gasteiger partial charge on any atom is 0.241 e. The molecule has 4 nitrogen and oxygen atoms in total. The van der Waals surface area contributed by atoms with E-state index in [1.807, 2.05) is 13.0 Å². The van der Waals surface area contributed by atoms with Gasteiger partial charge >= 0.3 is 0 Å². The molecule has 0 radical (unpaired) electrons. The van der Waals surface area contributed by atoms with Crippen molar-refractivity contribution in [1.29, 1.82) is 0 Å². The molecule has 0 spiro atoms. The Kier molecular flexibility index (Phi) is 5.73. The second-order valence-corrected chi connectivity index (χ2v) is 4.36. The molecule has 1 atom stereocenters. The Bertz CT molecular complexity index is 546. The normalized spacial score (nSPS) is 11.8. The first kappa shape index (κ1) is 15.4. The monoisotopic (exact) mass is 263 g/mol. The van der Waals surface area contributed by atoms with E-state index in [0.29, 0.717) is 5.56 Å². The fourth-order valence-electron chi connectivity index (χ4n) is 1.86. The van der Waals surface area contributed by atoms with Crippen LogP contribution in [0.2, 0.25) is 0 Å². The quantitative estimate of drug-likeness (QED) is 0.683. The number of rotatable bonds is 3. The lowest BCUT2D eigenvalue weighted by atomic mass is 10.2. The van der Waals surface area contributed by atoms with Crippen molar-refractivity contribution in [2.45, 2.75) is 33.6 Å². The van der Waals surface area contributed by atoms with Crippen LogP contribution >= 0.6 is 0 Å². The van der Waals surface area contributed by atoms with Crippen LogP contribution in [0.1, 0.15) is 42.7 Å². The van der Waals surface area contributed by atoms with Gasteiger partial charge in [0, 0.05) is 23.8 Å². The van der Waals surface area contributed by atoms with E-state index < -0.39 is 6.41 Å². The molecular formula is C15H21NO3. The van der Waals surface area contributed by atoms with Crippen LogP contribution in [0.5, 0.6) is 0 Å². The van der Waals surface area contributed by atoms with Gasteiger partial charge in [0.1, 0.15) is 6.29 Å². The molecule has 0 fully saturated rings. The molecule has 1 unspecified atom stereocenters. The molecular weight excluding hydrogens is 242 g/mol. The minimum Gasteiger partial charge on any atom is -0.351 e. The standard InChI is InChI=1S/C12H13NO3.C3H8/c1-8-5-10-6-9(7-14)3-4-11(10)13(8)12(15)16-2;1-3-2/h3-7,12,15H,1-2H3;3H2,1-2H3. The van der Waals surface area contributed by atoms with Crippen molar-refractivity contribution in [2.24, 2.45) is 0 Å². The van der Waals surface area contributed by atoms with Gasteiger partial charge in [0.25, 0.3) is 0 Å². The lowest BCUT2D eigenvalue weighted by Gasteiger charge is -2.14. The summed E-state index contributed by atoms with van der Waals surface area (Å²) in [5.74, 6) is 0. The van der Waals surface area contributed by atoms with Gasteiger partial charge in [0.05, 0.1) is 5.52 Å². The predicted molar refractivity (Wildman–Crippen MR) is 76.3 cm³/mol. The number of carbonyl (C=O) groups is 1. The number of ether oxygens (including phenoxy) is 1. The highest BCUT2D eigenvalue weighted by Gasteiger charge is 2.12. The molecule has 0 aliphatic carbocycles. The summed E-state index contributed by atoms with van der Waals surface area (Å²) in [6.45, 7) is 6.13. The van der Waals surface area contributed by atoms with Gasteiger partial charge in [-0.1, -0.05) is 20.3 Å². The van der Waals surface area contributed by atoms with Crippen molar-refractivity contribution >= 4 is 17.2 Å². The fourth-order valence-corrected chi connectivity index (χ4v) is 1.86. The molecule has 2 rings (SSSR count). The Morgan fingerprint density at radius 3 is 2.53 bits per heavy atom. The average Bonchev–Trinajstić information content (AvgIpc) is 2.73. The number of aldehydes is 1. The highest BCUT2D eigenvalue weighted by molar-refractivity contribution is 5.88. The third-order valence-corrected chi connectivity index (χ3v) is 2.62. The smallest absolute Gasteiger partial charge is 0.241 e. The van der Waals surface area contributed by atoms with Crippen LogP contribution in [0.25, 0.3) is 10.9 Å². The molecule has 1 heterocycles. The maximum absolute atomic E-state index is 10.7. The van der Waals surface area contributed by atoms with Gasteiger partial charge in [-0.15, -0.1) is 0 Å². The van der Waals surface area contributed by atoms with E-state index in [2.05, 4.69) is 13.8 Å². The molecule has 0 saturated heterocycles.